The molecule has 332 valence electrons. The number of likely N-dealkylation sites (N-methyl/N-ethyl adjacent to an activating group) is 1. The van der Waals surface area contributed by atoms with Crippen LogP contribution in [0.1, 0.15) is 149 Å². The van der Waals surface area contributed by atoms with Crippen LogP contribution < -0.4 is 4.89 Å². The summed E-state index contributed by atoms with van der Waals surface area (Å²) >= 11 is 0. The Hall–Kier alpha value is -1.89. The third-order valence-electron chi connectivity index (χ3n) is 10.2. The van der Waals surface area contributed by atoms with Crippen molar-refractivity contribution in [3.63, 3.8) is 0 Å². The van der Waals surface area contributed by atoms with Gasteiger partial charge in [0.2, 0.25) is 0 Å². The van der Waals surface area contributed by atoms with Crippen molar-refractivity contribution in [2.45, 2.75) is 173 Å². The fraction of sp³-hybridized carbons (Fsp3) is 0.818. The molecule has 0 spiro atoms. The summed E-state index contributed by atoms with van der Waals surface area (Å²) in [4.78, 5) is 37.8. The number of unbranched alkanes of at least 4 members (excludes halogenated alkanes) is 13. The van der Waals surface area contributed by atoms with Gasteiger partial charge in [-0.3, -0.25) is 14.2 Å². The Bertz CT molecular complexity index is 1190. The van der Waals surface area contributed by atoms with Crippen molar-refractivity contribution in [3.05, 3.63) is 36.5 Å². The molecule has 1 rings (SSSR count). The minimum Gasteiger partial charge on any atom is -0.756 e. The second kappa shape index (κ2) is 32.0. The van der Waals surface area contributed by atoms with Crippen LogP contribution in [0.4, 0.5) is 0 Å². The Labute approximate surface area is 345 Å². The van der Waals surface area contributed by atoms with Gasteiger partial charge in [0.25, 0.3) is 7.82 Å². The van der Waals surface area contributed by atoms with Crippen molar-refractivity contribution in [1.29, 1.82) is 0 Å². The van der Waals surface area contributed by atoms with Gasteiger partial charge < -0.3 is 43.2 Å². The first-order chi connectivity index (χ1) is 27.2. The van der Waals surface area contributed by atoms with Crippen molar-refractivity contribution < 1.29 is 57.4 Å². The zero-order chi connectivity index (χ0) is 42.4. The number of aliphatic hydroxyl groups excluding tert-OH is 3. The number of esters is 2. The van der Waals surface area contributed by atoms with E-state index in [1.54, 1.807) is 24.3 Å². The first-order valence-corrected chi connectivity index (χ1v) is 23.4. The summed E-state index contributed by atoms with van der Waals surface area (Å²) in [5.74, 6) is -1.78. The lowest BCUT2D eigenvalue weighted by Gasteiger charge is -2.28. The van der Waals surface area contributed by atoms with Gasteiger partial charge >= 0.3 is 11.9 Å². The first-order valence-electron chi connectivity index (χ1n) is 22.0. The average Bonchev–Trinajstić information content (AvgIpc) is 3.42. The Morgan fingerprint density at radius 1 is 0.789 bits per heavy atom. The summed E-state index contributed by atoms with van der Waals surface area (Å²) in [5, 5.41) is 31.4. The number of rotatable bonds is 35. The largest absolute Gasteiger partial charge is 0.756 e. The van der Waals surface area contributed by atoms with Crippen LogP contribution in [-0.2, 0) is 32.7 Å². The zero-order valence-corrected chi connectivity index (χ0v) is 37.0. The van der Waals surface area contributed by atoms with Crippen molar-refractivity contribution in [3.8, 4) is 0 Å². The smallest absolute Gasteiger partial charge is 0.310 e. The number of phosphoric ester groups is 1. The van der Waals surface area contributed by atoms with Gasteiger partial charge in [-0.05, 0) is 50.9 Å². The number of allylic oxidation sites excluding steroid dienone is 3. The number of quaternary nitrogens is 1. The highest BCUT2D eigenvalue weighted by atomic mass is 31.2. The third kappa shape index (κ3) is 29.1. The van der Waals surface area contributed by atoms with E-state index in [0.29, 0.717) is 30.3 Å². The molecule has 0 aromatic carbocycles. The molecule has 0 heterocycles. The molecule has 1 saturated carbocycles. The number of hydrogen-bond acceptors (Lipinski definition) is 11. The summed E-state index contributed by atoms with van der Waals surface area (Å²) in [6.07, 6.45) is 27.3. The van der Waals surface area contributed by atoms with Crippen LogP contribution in [0.3, 0.4) is 0 Å². The Balaban J connectivity index is 2.57. The van der Waals surface area contributed by atoms with Gasteiger partial charge in [0.05, 0.1) is 52.5 Å². The maximum atomic E-state index is 12.8. The molecular weight excluding hydrogens is 749 g/mol. The molecule has 3 N–H and O–H groups in total. The van der Waals surface area contributed by atoms with E-state index in [0.717, 1.165) is 44.9 Å². The van der Waals surface area contributed by atoms with Crippen LogP contribution in [0.25, 0.3) is 0 Å². The maximum Gasteiger partial charge on any atom is 0.310 e. The fourth-order valence-electron chi connectivity index (χ4n) is 6.68. The lowest BCUT2D eigenvalue weighted by atomic mass is 9.89. The van der Waals surface area contributed by atoms with Gasteiger partial charge in [-0.1, -0.05) is 121 Å². The molecule has 0 aromatic rings. The van der Waals surface area contributed by atoms with Crippen LogP contribution in [-0.4, -0.2) is 104 Å². The molecular formula is C44H80NO11P. The predicted octanol–water partition coefficient (Wildman–Crippen LogP) is 7.88. The SMILES string of the molecule is CCCCCC/C=C\CCCCCCCCCC(=O)OC[C@H](COP(=O)([O-])OCC[N+](C)(C)C)OC(=O)C/C=C\C[C@H]1[C@@H](/C=C/[C@H](O)CCCCC)[C@H](O)C[C@@H]1O. The van der Waals surface area contributed by atoms with Crippen LogP contribution in [0.15, 0.2) is 36.5 Å². The molecule has 0 aliphatic heterocycles. The molecule has 0 saturated heterocycles. The monoisotopic (exact) mass is 830 g/mol. The summed E-state index contributed by atoms with van der Waals surface area (Å²) in [6, 6.07) is 0. The van der Waals surface area contributed by atoms with E-state index in [9.17, 15) is 34.4 Å². The van der Waals surface area contributed by atoms with Crippen molar-refractivity contribution >= 4 is 19.8 Å². The Morgan fingerprint density at radius 3 is 2.05 bits per heavy atom. The summed E-state index contributed by atoms with van der Waals surface area (Å²) in [5.41, 5.74) is 0. The van der Waals surface area contributed by atoms with Crippen molar-refractivity contribution in [2.75, 3.05) is 47.5 Å². The van der Waals surface area contributed by atoms with Crippen LogP contribution >= 0.6 is 7.82 Å². The minimum absolute atomic E-state index is 0.0893. The molecule has 0 aromatic heterocycles. The molecule has 7 atom stereocenters. The number of nitrogens with zero attached hydrogens (tertiary/aromatic N) is 1. The fourth-order valence-corrected chi connectivity index (χ4v) is 7.41. The summed E-state index contributed by atoms with van der Waals surface area (Å²) in [6.45, 7) is 3.71. The Morgan fingerprint density at radius 2 is 1.40 bits per heavy atom. The summed E-state index contributed by atoms with van der Waals surface area (Å²) in [7, 11) is 0.966. The number of hydrogen-bond donors (Lipinski definition) is 3. The van der Waals surface area contributed by atoms with Crippen molar-refractivity contribution in [1.82, 2.24) is 0 Å². The molecule has 1 fully saturated rings. The predicted molar refractivity (Wildman–Crippen MR) is 224 cm³/mol. The van der Waals surface area contributed by atoms with Crippen LogP contribution in [0, 0.1) is 11.8 Å². The van der Waals surface area contributed by atoms with Gasteiger partial charge in [-0.15, -0.1) is 0 Å². The molecule has 0 radical (unpaired) electrons. The van der Waals surface area contributed by atoms with Gasteiger partial charge in [-0.2, -0.15) is 0 Å². The normalized spacial score (nSPS) is 21.1. The van der Waals surface area contributed by atoms with Crippen LogP contribution in [0.5, 0.6) is 0 Å². The first kappa shape index (κ1) is 53.1. The lowest BCUT2D eigenvalue weighted by Crippen LogP contribution is -2.37. The number of carbonyl (C=O) groups excluding carboxylic acids is 2. The number of aliphatic hydroxyl groups is 3. The Kier molecular flexibility index (Phi) is 29.8. The number of ether oxygens (including phenoxy) is 2. The molecule has 13 heteroatoms. The standard InChI is InChI=1S/C44H80NO11P/c1-6-8-10-11-12-13-14-15-16-17-18-19-20-21-23-28-43(49)53-35-38(36-55-57(51,52)54-33-32-45(3,4)5)56-44(50)29-25-24-27-39-40(42(48)34-41(39)47)31-30-37(46)26-22-9-7-2/h13-14,24-25,30-31,37-42,46-48H,6-12,15-23,26-29,32-36H2,1-5H3/b14-13-,25-24-,31-30+/t37-,38-,39+,40-,41+,42-/m1/s1. The van der Waals surface area contributed by atoms with Gasteiger partial charge in [0, 0.05) is 18.8 Å². The second-order valence-corrected chi connectivity index (χ2v) is 18.1. The second-order valence-electron chi connectivity index (χ2n) is 16.7. The minimum atomic E-state index is -4.72. The molecule has 1 unspecified atom stereocenters. The maximum absolute atomic E-state index is 12.8. The quantitative estimate of drug-likeness (QED) is 0.0187. The van der Waals surface area contributed by atoms with E-state index in [4.69, 9.17) is 18.5 Å². The molecule has 57 heavy (non-hydrogen) atoms. The molecule has 12 nitrogen and oxygen atoms in total. The number of phosphoric acid groups is 1. The van der Waals surface area contributed by atoms with Gasteiger partial charge in [0.1, 0.15) is 19.8 Å². The van der Waals surface area contributed by atoms with E-state index in [1.165, 1.54) is 51.4 Å². The van der Waals surface area contributed by atoms with Crippen molar-refractivity contribution in [2.24, 2.45) is 11.8 Å². The van der Waals surface area contributed by atoms with Crippen LogP contribution in [0.2, 0.25) is 0 Å². The van der Waals surface area contributed by atoms with E-state index < -0.39 is 50.8 Å². The van der Waals surface area contributed by atoms with Gasteiger partial charge in [0.15, 0.2) is 6.10 Å². The van der Waals surface area contributed by atoms with E-state index in [2.05, 4.69) is 26.0 Å². The average molecular weight is 830 g/mol. The summed E-state index contributed by atoms with van der Waals surface area (Å²) < 4.78 is 33.8. The highest BCUT2D eigenvalue weighted by Crippen LogP contribution is 2.38. The van der Waals surface area contributed by atoms with E-state index in [1.807, 2.05) is 21.1 Å². The lowest BCUT2D eigenvalue weighted by molar-refractivity contribution is -0.870. The zero-order valence-electron chi connectivity index (χ0n) is 36.1. The van der Waals surface area contributed by atoms with E-state index >= 15 is 0 Å². The highest BCUT2D eigenvalue weighted by molar-refractivity contribution is 7.45. The molecule has 1 aliphatic rings. The number of carbonyl (C=O) groups is 2. The topological polar surface area (TPSA) is 172 Å². The molecule has 0 bridgehead atoms. The molecule has 0 amide bonds. The highest BCUT2D eigenvalue weighted by Gasteiger charge is 2.39. The van der Waals surface area contributed by atoms with E-state index in [-0.39, 0.29) is 44.3 Å². The van der Waals surface area contributed by atoms with Gasteiger partial charge in [-0.25, -0.2) is 0 Å². The third-order valence-corrected chi connectivity index (χ3v) is 11.2. The molecule has 1 aliphatic carbocycles.